The Balaban J connectivity index is 1.25. The van der Waals surface area contributed by atoms with Gasteiger partial charge in [-0.3, -0.25) is 9.79 Å². The van der Waals surface area contributed by atoms with E-state index in [2.05, 4.69) is 58.1 Å². The number of allylic oxidation sites excluding steroid dienone is 2. The number of aliphatic imine (C=N–C) groups is 1. The molecule has 3 heterocycles. The lowest BCUT2D eigenvalue weighted by Crippen LogP contribution is -2.68. The van der Waals surface area contributed by atoms with E-state index in [4.69, 9.17) is 10.7 Å². The van der Waals surface area contributed by atoms with Crippen LogP contribution in [0.3, 0.4) is 0 Å². The molecule has 7 aliphatic rings. The molecular weight excluding hydrogens is 663 g/mol. The first-order valence-electron chi connectivity index (χ1n) is 18.0. The molecule has 47 heavy (non-hydrogen) atoms. The van der Waals surface area contributed by atoms with Crippen LogP contribution in [0.25, 0.3) is 0 Å². The summed E-state index contributed by atoms with van der Waals surface area (Å²) in [7, 11) is 8.11. The van der Waals surface area contributed by atoms with Gasteiger partial charge in [-0.25, -0.2) is 0 Å². The quantitative estimate of drug-likeness (QED) is 0.246. The second-order valence-corrected chi connectivity index (χ2v) is 21.1. The van der Waals surface area contributed by atoms with Gasteiger partial charge in [0.15, 0.2) is 11.7 Å². The van der Waals surface area contributed by atoms with Gasteiger partial charge in [0.2, 0.25) is 0 Å². The number of aliphatic hydroxyl groups excluding tert-OH is 2. The van der Waals surface area contributed by atoms with Crippen molar-refractivity contribution in [2.75, 3.05) is 31.3 Å². The van der Waals surface area contributed by atoms with E-state index < -0.39 is 0 Å². The number of nitrogens with two attached hydrogens (primary N) is 1. The van der Waals surface area contributed by atoms with Crippen LogP contribution in [0.5, 0.6) is 0 Å². The Morgan fingerprint density at radius 2 is 2.04 bits per heavy atom. The minimum Gasteiger partial charge on any atom is -0.396 e. The number of aliphatic hydroxyl groups is 2. The van der Waals surface area contributed by atoms with Crippen LogP contribution < -0.4 is 11.1 Å². The summed E-state index contributed by atoms with van der Waals surface area (Å²) in [5.74, 6) is 6.13. The van der Waals surface area contributed by atoms with Crippen LogP contribution in [0.2, 0.25) is 0 Å². The molecule has 1 aromatic rings. The zero-order valence-corrected chi connectivity index (χ0v) is 30.9. The van der Waals surface area contributed by atoms with Gasteiger partial charge >= 0.3 is 0 Å². The number of carbonyl (C=O) groups is 1. The van der Waals surface area contributed by atoms with Gasteiger partial charge < -0.3 is 21.3 Å². The molecule has 8 rings (SSSR count). The Labute approximate surface area is 296 Å². The maximum Gasteiger partial charge on any atom is 0.189 e. The molecule has 0 aromatic heterocycles. The number of nitrogens with one attached hydrogen (secondary N) is 1. The molecule has 5 N–H and O–H groups in total. The van der Waals surface area contributed by atoms with E-state index in [-0.39, 0.29) is 41.4 Å². The number of Topliss-reactive ketones (excluding diaryl/α,β-unsaturated/α-hetero) is 1. The number of hydrogen-bond donors (Lipinski definition) is 4. The standard InChI is InChI=1S/C37H51N3O3S4/c1-35-9-11-44-47-33-8-7-27-24-5-2-4-22(12-24)20-45-46-21-23(16-37(33)31(27)18-39-34(38)40-37)13-28-30-15-26(35)14-25(19-42)29(6-3-10-41)36(30,35)17-32(28)43/h2,4-5,12,23,25-27,29,31,33,41-42H,3,6-11,13-21H2,1H3,(H3,38,39,40). The molecule has 0 saturated heterocycles. The van der Waals surface area contributed by atoms with Crippen LogP contribution in [0.15, 0.2) is 40.4 Å². The van der Waals surface area contributed by atoms with Crippen molar-refractivity contribution in [2.45, 2.75) is 93.6 Å². The van der Waals surface area contributed by atoms with Crippen molar-refractivity contribution in [3.63, 3.8) is 0 Å². The predicted molar refractivity (Wildman–Crippen MR) is 199 cm³/mol. The Morgan fingerprint density at radius 1 is 1.15 bits per heavy atom. The largest absolute Gasteiger partial charge is 0.396 e. The summed E-state index contributed by atoms with van der Waals surface area (Å²) in [6, 6.07) is 9.34. The number of rotatable bonds is 4. The van der Waals surface area contributed by atoms with E-state index in [0.29, 0.717) is 47.1 Å². The molecule has 4 aliphatic carbocycles. The number of guanidine groups is 1. The molecule has 3 aliphatic heterocycles. The molecule has 10 unspecified atom stereocenters. The molecule has 3 saturated carbocycles. The minimum atomic E-state index is -0.182. The van der Waals surface area contributed by atoms with Crippen LogP contribution in [0, 0.1) is 40.4 Å². The van der Waals surface area contributed by atoms with E-state index in [1.54, 1.807) is 0 Å². The third-order valence-corrected chi connectivity index (χ3v) is 19.5. The van der Waals surface area contributed by atoms with Gasteiger partial charge in [-0.05, 0) is 109 Å². The highest BCUT2D eigenvalue weighted by atomic mass is 33.1. The van der Waals surface area contributed by atoms with E-state index in [9.17, 15) is 15.0 Å². The first-order valence-corrected chi connectivity index (χ1v) is 22.9. The molecule has 0 radical (unpaired) electrons. The van der Waals surface area contributed by atoms with E-state index in [0.717, 1.165) is 80.7 Å². The van der Waals surface area contributed by atoms with Gasteiger partial charge in [0.05, 0.1) is 5.54 Å². The molecular formula is C37H51N3O3S4. The smallest absolute Gasteiger partial charge is 0.189 e. The zero-order valence-electron chi connectivity index (χ0n) is 27.6. The fraction of sp³-hybridized carbons (Fsp3) is 0.730. The molecule has 10 atom stereocenters. The van der Waals surface area contributed by atoms with Crippen LogP contribution in [-0.2, 0) is 10.5 Å². The van der Waals surface area contributed by atoms with Crippen molar-refractivity contribution in [1.82, 2.24) is 5.32 Å². The highest BCUT2D eigenvalue weighted by molar-refractivity contribution is 8.77. The number of hydrogen-bond acceptors (Lipinski definition) is 10. The summed E-state index contributed by atoms with van der Waals surface area (Å²) in [6.07, 6.45) is 9.56. The molecule has 10 bridgehead atoms. The van der Waals surface area contributed by atoms with Crippen LogP contribution in [0.4, 0.5) is 0 Å². The Bertz CT molecular complexity index is 1460. The summed E-state index contributed by atoms with van der Waals surface area (Å²) in [5.41, 5.74) is 11.8. The Kier molecular flexibility index (Phi) is 9.29. The molecule has 2 spiro atoms. The van der Waals surface area contributed by atoms with Crippen molar-refractivity contribution >= 4 is 54.9 Å². The maximum atomic E-state index is 14.5. The summed E-state index contributed by atoms with van der Waals surface area (Å²) in [6.45, 7) is 3.63. The van der Waals surface area contributed by atoms with Crippen LogP contribution >= 0.6 is 43.2 Å². The molecule has 1 aromatic carbocycles. The highest BCUT2D eigenvalue weighted by Crippen LogP contribution is 2.75. The Hall–Kier alpha value is -0.780. The SMILES string of the molecule is CC12CCSSC3CCC4c5cccc(c5)CSSCC(CC5=C6CC1CC(CO)C(CCCO)C62CC5=O)CC31NC(N)=NCC41. The number of nitrogens with zero attached hydrogens (tertiary/aromatic N) is 1. The first kappa shape index (κ1) is 33.4. The molecule has 256 valence electrons. The Morgan fingerprint density at radius 3 is 2.89 bits per heavy atom. The van der Waals surface area contributed by atoms with Crippen molar-refractivity contribution < 1.29 is 15.0 Å². The van der Waals surface area contributed by atoms with Gasteiger partial charge in [-0.15, -0.1) is 0 Å². The minimum absolute atomic E-state index is 0.0358. The van der Waals surface area contributed by atoms with Crippen LogP contribution in [-0.4, -0.2) is 64.0 Å². The van der Waals surface area contributed by atoms with Crippen molar-refractivity contribution in [1.29, 1.82) is 0 Å². The fourth-order valence-electron chi connectivity index (χ4n) is 12.0. The van der Waals surface area contributed by atoms with E-state index in [1.165, 1.54) is 23.1 Å². The van der Waals surface area contributed by atoms with Gasteiger partial charge in [0, 0.05) is 60.0 Å². The number of fused-ring (bicyclic) bond motifs is 4. The number of ketones is 1. The third-order valence-electron chi connectivity index (χ3n) is 14.0. The monoisotopic (exact) mass is 713 g/mol. The summed E-state index contributed by atoms with van der Waals surface area (Å²) in [5, 5.41) is 25.0. The number of carbonyl (C=O) groups excluding carboxylic acids is 1. The summed E-state index contributed by atoms with van der Waals surface area (Å²) >= 11 is 0. The first-order chi connectivity index (χ1) is 22.8. The van der Waals surface area contributed by atoms with E-state index in [1.807, 2.05) is 21.6 Å². The van der Waals surface area contributed by atoms with Gasteiger partial charge in [-0.1, -0.05) is 79.9 Å². The second kappa shape index (κ2) is 13.1. The lowest BCUT2D eigenvalue weighted by Gasteiger charge is -2.57. The average Bonchev–Trinajstić information content (AvgIpc) is 3.39. The summed E-state index contributed by atoms with van der Waals surface area (Å²) < 4.78 is 0. The highest BCUT2D eigenvalue weighted by Gasteiger charge is 2.70. The predicted octanol–water partition coefficient (Wildman–Crippen LogP) is 6.96. The lowest BCUT2D eigenvalue weighted by atomic mass is 9.47. The van der Waals surface area contributed by atoms with Crippen molar-refractivity contribution in [3.05, 3.63) is 46.5 Å². The van der Waals surface area contributed by atoms with Crippen molar-refractivity contribution in [2.24, 2.45) is 51.1 Å². The topological polar surface area (TPSA) is 108 Å². The zero-order chi connectivity index (χ0) is 32.4. The van der Waals surface area contributed by atoms with E-state index >= 15 is 0 Å². The van der Waals surface area contributed by atoms with Crippen LogP contribution in [0.1, 0.15) is 88.2 Å². The van der Waals surface area contributed by atoms with Gasteiger partial charge in [-0.2, -0.15) is 0 Å². The molecule has 10 heteroatoms. The fourth-order valence-corrected chi connectivity index (χ4v) is 17.8. The lowest BCUT2D eigenvalue weighted by molar-refractivity contribution is -0.125. The molecule has 0 amide bonds. The average molecular weight is 714 g/mol. The van der Waals surface area contributed by atoms with Gasteiger partial charge in [0.1, 0.15) is 0 Å². The summed E-state index contributed by atoms with van der Waals surface area (Å²) in [4.78, 5) is 19.4. The number of benzene rings is 1. The molecule has 3 fully saturated rings. The van der Waals surface area contributed by atoms with Crippen molar-refractivity contribution in [3.8, 4) is 0 Å². The third kappa shape index (κ3) is 5.30. The molecule has 6 nitrogen and oxygen atoms in total. The normalized spacial score (nSPS) is 43.0. The second-order valence-electron chi connectivity index (χ2n) is 15.9. The maximum absolute atomic E-state index is 14.5. The van der Waals surface area contributed by atoms with Gasteiger partial charge in [0.25, 0.3) is 0 Å².